The summed E-state index contributed by atoms with van der Waals surface area (Å²) in [6, 6.07) is -0.0660. The predicted molar refractivity (Wildman–Crippen MR) is 69.1 cm³/mol. The smallest absolute Gasteiger partial charge is 0.407 e. The Bertz CT molecular complexity index is 347. The molecule has 0 aromatic heterocycles. The molecule has 0 saturated carbocycles. The van der Waals surface area contributed by atoms with Gasteiger partial charge in [0.1, 0.15) is 5.60 Å². The van der Waals surface area contributed by atoms with E-state index in [1.807, 2.05) is 27.7 Å². The third kappa shape index (κ3) is 4.05. The molecule has 18 heavy (non-hydrogen) atoms. The average molecular weight is 254 g/mol. The lowest BCUT2D eigenvalue weighted by Gasteiger charge is -2.23. The van der Waals surface area contributed by atoms with Crippen LogP contribution in [0.25, 0.3) is 0 Å². The Kier molecular flexibility index (Phi) is 4.38. The Balaban J connectivity index is 2.51. The minimum atomic E-state index is -0.511. The summed E-state index contributed by atoms with van der Waals surface area (Å²) in [6.45, 7) is 12.0. The molecule has 1 fully saturated rings. The fourth-order valence-electron chi connectivity index (χ4n) is 1.92. The molecule has 1 aliphatic rings. The van der Waals surface area contributed by atoms with E-state index >= 15 is 0 Å². The lowest BCUT2D eigenvalue weighted by atomic mass is 10.1. The zero-order valence-corrected chi connectivity index (χ0v) is 11.5. The van der Waals surface area contributed by atoms with Crippen molar-refractivity contribution in [2.45, 2.75) is 39.3 Å². The monoisotopic (exact) mass is 254 g/mol. The number of nitrogens with one attached hydrogen (secondary N) is 1. The van der Waals surface area contributed by atoms with Gasteiger partial charge in [0.25, 0.3) is 0 Å². The van der Waals surface area contributed by atoms with Crippen molar-refractivity contribution in [1.82, 2.24) is 10.2 Å². The number of rotatable bonds is 2. The number of carbonyl (C=O) groups is 2. The number of likely N-dealkylation sites (tertiary alicyclic amines) is 1. The molecule has 0 aliphatic carbocycles. The van der Waals surface area contributed by atoms with Gasteiger partial charge >= 0.3 is 6.09 Å². The van der Waals surface area contributed by atoms with Gasteiger partial charge in [0, 0.05) is 13.1 Å². The maximum Gasteiger partial charge on any atom is 0.407 e. The van der Waals surface area contributed by atoms with Gasteiger partial charge in [-0.2, -0.15) is 0 Å². The van der Waals surface area contributed by atoms with Gasteiger partial charge in [-0.1, -0.05) is 13.5 Å². The molecule has 1 N–H and O–H groups in total. The fraction of sp³-hybridized carbons (Fsp3) is 0.692. The summed E-state index contributed by atoms with van der Waals surface area (Å²) in [6.07, 6.45) is 0.856. The molecular weight excluding hydrogens is 232 g/mol. The van der Waals surface area contributed by atoms with Crippen LogP contribution < -0.4 is 5.32 Å². The maximum absolute atomic E-state index is 11.6. The van der Waals surface area contributed by atoms with E-state index in [-0.39, 0.29) is 17.9 Å². The molecule has 0 aromatic rings. The van der Waals surface area contributed by atoms with Crippen LogP contribution >= 0.6 is 0 Å². The second kappa shape index (κ2) is 5.42. The van der Waals surface area contributed by atoms with E-state index in [0.29, 0.717) is 13.1 Å². The van der Waals surface area contributed by atoms with Gasteiger partial charge in [-0.05, 0) is 32.8 Å². The molecule has 5 heteroatoms. The number of ether oxygens (including phenoxy) is 1. The van der Waals surface area contributed by atoms with Crippen molar-refractivity contribution in [2.75, 3.05) is 13.1 Å². The van der Waals surface area contributed by atoms with Crippen LogP contribution in [0.1, 0.15) is 27.7 Å². The topological polar surface area (TPSA) is 58.6 Å². The van der Waals surface area contributed by atoms with E-state index in [9.17, 15) is 9.59 Å². The number of alkyl carbamates (subject to hydrolysis) is 1. The molecular formula is C13H22N2O3. The van der Waals surface area contributed by atoms with Crippen LogP contribution in [0.5, 0.6) is 0 Å². The summed E-state index contributed by atoms with van der Waals surface area (Å²) in [5.74, 6) is 0.108. The first-order chi connectivity index (χ1) is 8.23. The Labute approximate surface area is 108 Å². The summed E-state index contributed by atoms with van der Waals surface area (Å²) < 4.78 is 5.20. The molecule has 1 heterocycles. The second-order valence-electron chi connectivity index (χ2n) is 5.68. The predicted octanol–water partition coefficient (Wildman–Crippen LogP) is 1.54. The molecule has 2 atom stereocenters. The average Bonchev–Trinajstić information content (AvgIpc) is 2.56. The standard InChI is InChI=1S/C13H22N2O3/c1-6-11(16)15-7-9(2)10(8-15)14-12(17)18-13(3,4)5/h6,9-10H,1,7-8H2,2-5H3,(H,14,17)/t9-,10+/m1/s1. The van der Waals surface area contributed by atoms with Crippen molar-refractivity contribution in [3.63, 3.8) is 0 Å². The minimum Gasteiger partial charge on any atom is -0.444 e. The van der Waals surface area contributed by atoms with E-state index in [1.165, 1.54) is 6.08 Å². The van der Waals surface area contributed by atoms with Crippen LogP contribution in [0.4, 0.5) is 4.79 Å². The molecule has 1 rings (SSSR count). The molecule has 0 radical (unpaired) electrons. The third-order valence-corrected chi connectivity index (χ3v) is 2.80. The van der Waals surface area contributed by atoms with E-state index < -0.39 is 11.7 Å². The highest BCUT2D eigenvalue weighted by molar-refractivity contribution is 5.87. The first kappa shape index (κ1) is 14.5. The van der Waals surface area contributed by atoms with Gasteiger partial charge < -0.3 is 15.0 Å². The fourth-order valence-corrected chi connectivity index (χ4v) is 1.92. The molecule has 1 aliphatic heterocycles. The number of nitrogens with zero attached hydrogens (tertiary/aromatic N) is 1. The van der Waals surface area contributed by atoms with Gasteiger partial charge in [-0.25, -0.2) is 4.79 Å². The second-order valence-corrected chi connectivity index (χ2v) is 5.68. The Morgan fingerprint density at radius 1 is 1.39 bits per heavy atom. The van der Waals surface area contributed by atoms with Crippen molar-refractivity contribution in [1.29, 1.82) is 0 Å². The van der Waals surface area contributed by atoms with Gasteiger partial charge in [0.15, 0.2) is 0 Å². The Morgan fingerprint density at radius 3 is 2.50 bits per heavy atom. The van der Waals surface area contributed by atoms with Gasteiger partial charge in [0.2, 0.25) is 5.91 Å². The van der Waals surface area contributed by atoms with Crippen LogP contribution in [0, 0.1) is 5.92 Å². The summed E-state index contributed by atoms with van der Waals surface area (Å²) in [5.41, 5.74) is -0.511. The quantitative estimate of drug-likeness (QED) is 0.760. The number of hydrogen-bond donors (Lipinski definition) is 1. The van der Waals surface area contributed by atoms with Crippen LogP contribution in [0.15, 0.2) is 12.7 Å². The Hall–Kier alpha value is -1.52. The molecule has 0 bridgehead atoms. The highest BCUT2D eigenvalue weighted by Gasteiger charge is 2.33. The first-order valence-corrected chi connectivity index (χ1v) is 6.14. The SMILES string of the molecule is C=CC(=O)N1C[C@@H](C)[C@@H](NC(=O)OC(C)(C)C)C1. The molecule has 5 nitrogen and oxygen atoms in total. The first-order valence-electron chi connectivity index (χ1n) is 6.14. The van der Waals surface area contributed by atoms with Crippen LogP contribution in [-0.4, -0.2) is 41.6 Å². The lowest BCUT2D eigenvalue weighted by Crippen LogP contribution is -2.43. The molecule has 0 aromatic carbocycles. The number of carbonyl (C=O) groups excluding carboxylic acids is 2. The van der Waals surface area contributed by atoms with Crippen molar-refractivity contribution >= 4 is 12.0 Å². The number of amides is 2. The van der Waals surface area contributed by atoms with Crippen LogP contribution in [0.2, 0.25) is 0 Å². The van der Waals surface area contributed by atoms with Gasteiger partial charge in [0.05, 0.1) is 6.04 Å². The molecule has 2 amide bonds. The normalized spacial score (nSPS) is 23.7. The zero-order valence-electron chi connectivity index (χ0n) is 11.5. The molecule has 0 spiro atoms. The molecule has 0 unspecified atom stereocenters. The van der Waals surface area contributed by atoms with Gasteiger partial charge in [-0.15, -0.1) is 0 Å². The highest BCUT2D eigenvalue weighted by Crippen LogP contribution is 2.17. The van der Waals surface area contributed by atoms with E-state index in [2.05, 4.69) is 11.9 Å². The third-order valence-electron chi connectivity index (χ3n) is 2.80. The van der Waals surface area contributed by atoms with E-state index in [1.54, 1.807) is 4.90 Å². The minimum absolute atomic E-state index is 0.0660. The van der Waals surface area contributed by atoms with Crippen molar-refractivity contribution < 1.29 is 14.3 Å². The van der Waals surface area contributed by atoms with E-state index in [0.717, 1.165) is 0 Å². The van der Waals surface area contributed by atoms with Crippen molar-refractivity contribution in [3.8, 4) is 0 Å². The largest absolute Gasteiger partial charge is 0.444 e. The van der Waals surface area contributed by atoms with Crippen LogP contribution in [0.3, 0.4) is 0 Å². The van der Waals surface area contributed by atoms with Crippen molar-refractivity contribution in [3.05, 3.63) is 12.7 Å². The molecule has 102 valence electrons. The Morgan fingerprint density at radius 2 is 2.00 bits per heavy atom. The van der Waals surface area contributed by atoms with Gasteiger partial charge in [-0.3, -0.25) is 4.79 Å². The summed E-state index contributed by atoms with van der Waals surface area (Å²) >= 11 is 0. The highest BCUT2D eigenvalue weighted by atomic mass is 16.6. The van der Waals surface area contributed by atoms with E-state index in [4.69, 9.17) is 4.74 Å². The molecule has 1 saturated heterocycles. The lowest BCUT2D eigenvalue weighted by molar-refractivity contribution is -0.125. The van der Waals surface area contributed by atoms with Crippen molar-refractivity contribution in [2.24, 2.45) is 5.92 Å². The summed E-state index contributed by atoms with van der Waals surface area (Å²) in [5, 5.41) is 2.80. The summed E-state index contributed by atoms with van der Waals surface area (Å²) in [7, 11) is 0. The number of hydrogen-bond acceptors (Lipinski definition) is 3. The summed E-state index contributed by atoms with van der Waals surface area (Å²) in [4.78, 5) is 24.8. The maximum atomic E-state index is 11.6. The zero-order chi connectivity index (χ0) is 13.9. The van der Waals surface area contributed by atoms with Crippen LogP contribution in [-0.2, 0) is 9.53 Å².